The van der Waals surface area contributed by atoms with Crippen LogP contribution in [-0.2, 0) is 28.8 Å². The number of nitrogens with one attached hydrogen (secondary N) is 2. The Bertz CT molecular complexity index is 2490. The van der Waals surface area contributed by atoms with E-state index < -0.39 is 61.9 Å². The highest BCUT2D eigenvalue weighted by Crippen LogP contribution is 2.38. The number of fused-ring (bicyclic) bond motifs is 8. The average molecular weight is 793 g/mol. The van der Waals surface area contributed by atoms with Gasteiger partial charge in [-0.3, -0.25) is 28.8 Å². The summed E-state index contributed by atoms with van der Waals surface area (Å²) in [6.07, 6.45) is 3.15. The highest BCUT2D eigenvalue weighted by atomic mass is 16.4. The third kappa shape index (κ3) is 9.12. The number of carboxylic acids is 4. The Kier molecular flexibility index (Phi) is 12.6. The maximum atomic E-state index is 13.3. The normalized spacial score (nSPS) is 12.3. The summed E-state index contributed by atoms with van der Waals surface area (Å²) in [5.41, 5.74) is 11.2. The summed E-state index contributed by atoms with van der Waals surface area (Å²) in [4.78, 5) is 90.9. The first-order valence-corrected chi connectivity index (χ1v) is 18.3. The molecule has 0 saturated heterocycles. The summed E-state index contributed by atoms with van der Waals surface area (Å²) < 4.78 is 0. The SMILES string of the molecule is C=Cc1c(C)c2cc3[nH]c(cc4nc(cc5nc(cc1[nH]2)C(C)=C5CCC(=O)N(CC(=O)O)CC(=O)O)C(CCC(=O)N(CC(=O)O)CC(=O)O)=C4C)c(C)c3C=C. The van der Waals surface area contributed by atoms with Crippen LogP contribution in [0.3, 0.4) is 0 Å². The molecule has 0 saturated carbocycles. The van der Waals surface area contributed by atoms with Gasteiger partial charge in [-0.1, -0.05) is 25.3 Å². The Hall–Kier alpha value is -7.10. The Labute approximate surface area is 332 Å². The van der Waals surface area contributed by atoms with Gasteiger partial charge in [0.05, 0.1) is 22.8 Å². The van der Waals surface area contributed by atoms with Gasteiger partial charge in [-0.25, -0.2) is 9.97 Å². The van der Waals surface area contributed by atoms with Gasteiger partial charge in [-0.05, 0) is 98.2 Å². The van der Waals surface area contributed by atoms with Crippen molar-refractivity contribution < 1.29 is 49.2 Å². The number of nitrogens with zero attached hydrogens (tertiary/aromatic N) is 4. The van der Waals surface area contributed by atoms with Crippen LogP contribution < -0.4 is 0 Å². The van der Waals surface area contributed by atoms with E-state index in [0.29, 0.717) is 50.6 Å². The number of allylic oxidation sites excluding steroid dienone is 4. The lowest BCUT2D eigenvalue weighted by Gasteiger charge is -2.19. The van der Waals surface area contributed by atoms with E-state index in [4.69, 9.17) is 9.97 Å². The van der Waals surface area contributed by atoms with Crippen LogP contribution in [0.25, 0.3) is 56.5 Å². The average Bonchev–Trinajstić information content (AvgIpc) is 3.80. The maximum Gasteiger partial charge on any atom is 0.323 e. The minimum atomic E-state index is -1.36. The van der Waals surface area contributed by atoms with E-state index in [1.165, 1.54) is 0 Å². The summed E-state index contributed by atoms with van der Waals surface area (Å²) in [6.45, 7) is 12.5. The topological polar surface area (TPSA) is 247 Å². The van der Waals surface area contributed by atoms with Gasteiger partial charge in [0.1, 0.15) is 26.2 Å². The zero-order valence-corrected chi connectivity index (χ0v) is 32.6. The number of carboxylic acid groups (broad SMARTS) is 4. The van der Waals surface area contributed by atoms with Crippen LogP contribution in [0.1, 0.15) is 84.6 Å². The molecule has 0 aliphatic carbocycles. The van der Waals surface area contributed by atoms with Gasteiger partial charge in [0, 0.05) is 46.0 Å². The van der Waals surface area contributed by atoms with Crippen molar-refractivity contribution >= 4 is 92.2 Å². The molecule has 302 valence electrons. The predicted molar refractivity (Wildman–Crippen MR) is 218 cm³/mol. The molecular weight excluding hydrogens is 748 g/mol. The van der Waals surface area contributed by atoms with Crippen molar-refractivity contribution in [2.75, 3.05) is 26.2 Å². The van der Waals surface area contributed by atoms with Crippen molar-refractivity contribution in [1.82, 2.24) is 29.7 Å². The number of aryl methyl sites for hydroxylation is 2. The van der Waals surface area contributed by atoms with Gasteiger partial charge in [0.2, 0.25) is 11.8 Å². The van der Waals surface area contributed by atoms with Crippen molar-refractivity contribution in [1.29, 1.82) is 0 Å². The fraction of sp³-hybridized carbons (Fsp3) is 0.286. The van der Waals surface area contributed by atoms with Gasteiger partial charge in [0.25, 0.3) is 0 Å². The number of hydrogen-bond donors (Lipinski definition) is 6. The highest BCUT2D eigenvalue weighted by molar-refractivity contribution is 5.98. The molecule has 16 nitrogen and oxygen atoms in total. The summed E-state index contributed by atoms with van der Waals surface area (Å²) in [7, 11) is 0. The molecule has 2 amide bonds. The number of H-pyrrole nitrogens is 2. The second-order valence-electron chi connectivity index (χ2n) is 14.0. The highest BCUT2D eigenvalue weighted by Gasteiger charge is 2.26. The predicted octanol–water partition coefficient (Wildman–Crippen LogP) is 5.64. The van der Waals surface area contributed by atoms with E-state index in [0.717, 1.165) is 48.6 Å². The zero-order valence-electron chi connectivity index (χ0n) is 32.6. The Morgan fingerprint density at radius 1 is 0.552 bits per heavy atom. The van der Waals surface area contributed by atoms with Crippen LogP contribution in [-0.4, -0.2) is 112 Å². The molecule has 5 rings (SSSR count). The molecule has 0 fully saturated rings. The standard InChI is InChI=1S/C42H44N6O10/c1-7-25-21(3)29-13-30-23(5)27(9-11-37(49)47(17-39(51)52)18-40(53)54)35(45-30)16-36-28(10-12-38(50)48(19-41(55)56)20-42(57)58)24(6)32(46-36)15-34-26(8-2)22(4)31(44-34)14-33(25)43-29/h7-8,13-16,43-44H,1-2,9-12,17-20H2,3-6H3,(H,51,52)(H,53,54)(H,55,56)(H,57,58). The number of aliphatic carboxylic acids is 4. The van der Waals surface area contributed by atoms with Crippen molar-refractivity contribution in [3.63, 3.8) is 0 Å². The lowest BCUT2D eigenvalue weighted by Crippen LogP contribution is -2.39. The number of carbonyl (C=O) groups is 6. The fourth-order valence-electron chi connectivity index (χ4n) is 7.20. The molecule has 0 spiro atoms. The summed E-state index contributed by atoms with van der Waals surface area (Å²) >= 11 is 0. The fourth-order valence-corrected chi connectivity index (χ4v) is 7.20. The molecule has 0 unspecified atom stereocenters. The van der Waals surface area contributed by atoms with Gasteiger partial charge < -0.3 is 40.2 Å². The molecule has 3 aromatic heterocycles. The Morgan fingerprint density at radius 2 is 0.897 bits per heavy atom. The quantitative estimate of drug-likeness (QED) is 0.103. The van der Waals surface area contributed by atoms with E-state index in [-0.39, 0.29) is 25.7 Å². The molecule has 16 heteroatoms. The van der Waals surface area contributed by atoms with Crippen LogP contribution in [0, 0.1) is 13.8 Å². The molecular formula is C42H44N6O10. The zero-order chi connectivity index (χ0) is 42.6. The smallest absolute Gasteiger partial charge is 0.323 e. The lowest BCUT2D eigenvalue weighted by molar-refractivity contribution is -0.149. The molecule has 2 aliphatic heterocycles. The number of amides is 2. The van der Waals surface area contributed by atoms with E-state index in [2.05, 4.69) is 23.1 Å². The number of aromatic amines is 2. The molecule has 58 heavy (non-hydrogen) atoms. The van der Waals surface area contributed by atoms with E-state index in [1.807, 2.05) is 45.9 Å². The van der Waals surface area contributed by atoms with Crippen molar-refractivity contribution in [2.45, 2.75) is 53.4 Å². The Balaban J connectivity index is 1.75. The van der Waals surface area contributed by atoms with Crippen LogP contribution in [0.2, 0.25) is 0 Å². The second-order valence-corrected chi connectivity index (χ2v) is 14.0. The third-order valence-electron chi connectivity index (χ3n) is 10.2. The van der Waals surface area contributed by atoms with Gasteiger partial charge in [-0.2, -0.15) is 0 Å². The van der Waals surface area contributed by atoms with Crippen molar-refractivity contribution in [3.8, 4) is 0 Å². The van der Waals surface area contributed by atoms with Crippen LogP contribution in [0.15, 0.2) is 37.4 Å². The summed E-state index contributed by atoms with van der Waals surface area (Å²) in [5.74, 6) is -6.79. The van der Waals surface area contributed by atoms with Gasteiger partial charge >= 0.3 is 23.9 Å². The van der Waals surface area contributed by atoms with Crippen LogP contribution in [0.5, 0.6) is 0 Å². The molecule has 5 heterocycles. The minimum Gasteiger partial charge on any atom is -0.480 e. The first-order chi connectivity index (χ1) is 27.4. The number of hydrogen-bond acceptors (Lipinski definition) is 8. The lowest BCUT2D eigenvalue weighted by atomic mass is 9.98. The third-order valence-corrected chi connectivity index (χ3v) is 10.2. The second kappa shape index (κ2) is 17.4. The first kappa shape index (κ1) is 42.1. The number of aromatic nitrogens is 4. The van der Waals surface area contributed by atoms with Crippen LogP contribution >= 0.6 is 0 Å². The monoisotopic (exact) mass is 792 g/mol. The van der Waals surface area contributed by atoms with Gasteiger partial charge in [-0.15, -0.1) is 0 Å². The molecule has 0 atom stereocenters. The summed E-state index contributed by atoms with van der Waals surface area (Å²) in [6, 6.07) is 7.42. The largest absolute Gasteiger partial charge is 0.480 e. The van der Waals surface area contributed by atoms with Crippen molar-refractivity contribution in [3.05, 3.63) is 82.5 Å². The van der Waals surface area contributed by atoms with E-state index in [9.17, 15) is 49.2 Å². The molecule has 6 N–H and O–H groups in total. The number of carbonyl (C=O) groups excluding carboxylic acids is 2. The number of rotatable bonds is 16. The van der Waals surface area contributed by atoms with Gasteiger partial charge in [0.15, 0.2) is 0 Å². The molecule has 0 radical (unpaired) electrons. The molecule has 0 aromatic carbocycles. The van der Waals surface area contributed by atoms with E-state index >= 15 is 0 Å². The molecule has 2 aliphatic rings. The molecule has 8 bridgehead atoms. The van der Waals surface area contributed by atoms with Crippen molar-refractivity contribution in [2.24, 2.45) is 0 Å². The van der Waals surface area contributed by atoms with E-state index in [1.54, 1.807) is 18.2 Å². The molecule has 3 aromatic rings. The first-order valence-electron chi connectivity index (χ1n) is 18.3. The Morgan fingerprint density at radius 3 is 1.26 bits per heavy atom. The minimum absolute atomic E-state index is 0.0600. The summed E-state index contributed by atoms with van der Waals surface area (Å²) in [5, 5.41) is 37.4. The maximum absolute atomic E-state index is 13.3. The van der Waals surface area contributed by atoms with Crippen LogP contribution in [0.4, 0.5) is 0 Å².